The van der Waals surface area contributed by atoms with Crippen molar-refractivity contribution in [3.8, 4) is 33.5 Å². The molecule has 6 aromatic rings. The van der Waals surface area contributed by atoms with E-state index in [4.69, 9.17) is 10.1 Å². The molecule has 0 atom stereocenters. The van der Waals surface area contributed by atoms with Gasteiger partial charge in [0.05, 0.1) is 29.6 Å². The predicted molar refractivity (Wildman–Crippen MR) is 157 cm³/mol. The van der Waals surface area contributed by atoms with Gasteiger partial charge in [0.2, 0.25) is 5.91 Å². The van der Waals surface area contributed by atoms with Crippen LogP contribution in [-0.2, 0) is 4.79 Å². The molecule has 1 amide bonds. The second kappa shape index (κ2) is 9.66. The first-order valence-electron chi connectivity index (χ1n) is 13.3. The Morgan fingerprint density at radius 2 is 1.57 bits per heavy atom. The van der Waals surface area contributed by atoms with Gasteiger partial charge in [0.25, 0.3) is 0 Å². The Bertz CT molecular complexity index is 1880. The van der Waals surface area contributed by atoms with E-state index in [0.717, 1.165) is 68.0 Å². The SMILES string of the molecule is Cc1nn2c(-c3ccnc4cc(-c5ccncc5)ccc34)cnc2cc1-c1ccc(N2CCN(C)CC2=O)cc1. The van der Waals surface area contributed by atoms with Gasteiger partial charge in [0, 0.05) is 53.9 Å². The fourth-order valence-electron chi connectivity index (χ4n) is 5.46. The fourth-order valence-corrected chi connectivity index (χ4v) is 5.46. The zero-order valence-electron chi connectivity index (χ0n) is 22.3. The van der Waals surface area contributed by atoms with Crippen molar-refractivity contribution in [3.63, 3.8) is 0 Å². The normalized spacial score (nSPS) is 14.3. The van der Waals surface area contributed by atoms with Crippen molar-refractivity contribution in [2.24, 2.45) is 0 Å². The Balaban J connectivity index is 1.23. The van der Waals surface area contributed by atoms with Gasteiger partial charge in [-0.1, -0.05) is 24.3 Å². The number of carbonyl (C=O) groups is 1. The molecule has 8 nitrogen and oxygen atoms in total. The Morgan fingerprint density at radius 3 is 2.38 bits per heavy atom. The maximum absolute atomic E-state index is 12.5. The lowest BCUT2D eigenvalue weighted by molar-refractivity contribution is -0.120. The number of imidazole rings is 1. The van der Waals surface area contributed by atoms with Crippen LogP contribution < -0.4 is 4.90 Å². The van der Waals surface area contributed by atoms with Gasteiger partial charge in [0.15, 0.2) is 5.65 Å². The maximum atomic E-state index is 12.5. The lowest BCUT2D eigenvalue weighted by atomic mass is 10.0. The first-order chi connectivity index (χ1) is 19.5. The number of fused-ring (bicyclic) bond motifs is 2. The molecule has 0 spiro atoms. The van der Waals surface area contributed by atoms with Crippen LogP contribution in [0.1, 0.15) is 5.69 Å². The zero-order chi connectivity index (χ0) is 27.2. The average Bonchev–Trinajstić information content (AvgIpc) is 3.39. The molecule has 40 heavy (non-hydrogen) atoms. The fraction of sp³-hybridized carbons (Fsp3) is 0.156. The highest BCUT2D eigenvalue weighted by atomic mass is 16.2. The van der Waals surface area contributed by atoms with Crippen molar-refractivity contribution in [2.75, 3.05) is 31.6 Å². The van der Waals surface area contributed by atoms with E-state index >= 15 is 0 Å². The van der Waals surface area contributed by atoms with Crippen LogP contribution in [-0.4, -0.2) is 62.1 Å². The maximum Gasteiger partial charge on any atom is 0.241 e. The number of hydrogen-bond acceptors (Lipinski definition) is 6. The number of benzene rings is 2. The molecule has 0 unspecified atom stereocenters. The van der Waals surface area contributed by atoms with Gasteiger partial charge in [-0.2, -0.15) is 5.10 Å². The van der Waals surface area contributed by atoms with Crippen LogP contribution in [0.4, 0.5) is 5.69 Å². The zero-order valence-corrected chi connectivity index (χ0v) is 22.3. The lowest BCUT2D eigenvalue weighted by Crippen LogP contribution is -2.48. The number of pyridine rings is 2. The van der Waals surface area contributed by atoms with Gasteiger partial charge in [0.1, 0.15) is 0 Å². The monoisotopic (exact) mass is 525 g/mol. The molecule has 1 aliphatic rings. The van der Waals surface area contributed by atoms with E-state index in [-0.39, 0.29) is 5.91 Å². The largest absolute Gasteiger partial charge is 0.310 e. The van der Waals surface area contributed by atoms with E-state index in [1.165, 1.54) is 0 Å². The van der Waals surface area contributed by atoms with E-state index in [1.807, 2.05) is 71.0 Å². The molecule has 0 saturated carbocycles. The number of likely N-dealkylation sites (N-methyl/N-ethyl adjacent to an activating group) is 1. The van der Waals surface area contributed by atoms with E-state index in [1.54, 1.807) is 12.4 Å². The van der Waals surface area contributed by atoms with Gasteiger partial charge in [-0.25, -0.2) is 9.50 Å². The standard InChI is InChI=1S/C32H27N7O/c1-21-28(23-3-6-25(7-4-23)38-16-15-37(2)20-32(38)40)18-31-35-19-30(39(31)36-21)27-11-14-34-29-17-24(5-8-26(27)29)22-9-12-33-13-10-22/h3-14,17-19H,15-16,20H2,1-2H3. The minimum absolute atomic E-state index is 0.128. The minimum atomic E-state index is 0.128. The number of aromatic nitrogens is 5. The Labute approximate surface area is 231 Å². The first kappa shape index (κ1) is 24.1. The summed E-state index contributed by atoms with van der Waals surface area (Å²) >= 11 is 0. The molecule has 4 aromatic heterocycles. The number of anilines is 1. The van der Waals surface area contributed by atoms with Crippen LogP contribution in [0.15, 0.2) is 91.5 Å². The second-order valence-electron chi connectivity index (χ2n) is 10.2. The molecule has 7 rings (SSSR count). The van der Waals surface area contributed by atoms with Crippen LogP contribution in [0, 0.1) is 6.92 Å². The van der Waals surface area contributed by atoms with Crippen LogP contribution in [0.5, 0.6) is 0 Å². The number of hydrogen-bond donors (Lipinski definition) is 0. The van der Waals surface area contributed by atoms with Gasteiger partial charge in [-0.15, -0.1) is 0 Å². The third kappa shape index (κ3) is 4.19. The van der Waals surface area contributed by atoms with Crippen LogP contribution in [0.3, 0.4) is 0 Å². The Hall–Kier alpha value is -4.95. The first-order valence-corrected chi connectivity index (χ1v) is 13.3. The third-order valence-corrected chi connectivity index (χ3v) is 7.61. The van der Waals surface area contributed by atoms with Crippen molar-refractivity contribution in [1.82, 2.24) is 29.5 Å². The van der Waals surface area contributed by atoms with E-state index in [9.17, 15) is 4.79 Å². The average molecular weight is 526 g/mol. The molecule has 0 N–H and O–H groups in total. The summed E-state index contributed by atoms with van der Waals surface area (Å²) in [5.74, 6) is 0.128. The molecule has 0 aliphatic carbocycles. The number of nitrogens with zero attached hydrogens (tertiary/aromatic N) is 7. The van der Waals surface area contributed by atoms with Crippen molar-refractivity contribution in [2.45, 2.75) is 6.92 Å². The van der Waals surface area contributed by atoms with Crippen molar-refractivity contribution >= 4 is 28.1 Å². The minimum Gasteiger partial charge on any atom is -0.310 e. The number of piperazine rings is 1. The summed E-state index contributed by atoms with van der Waals surface area (Å²) in [6.45, 7) is 4.03. The number of rotatable bonds is 4. The van der Waals surface area contributed by atoms with Crippen LogP contribution in [0.2, 0.25) is 0 Å². The molecular formula is C32H27N7O. The highest BCUT2D eigenvalue weighted by Gasteiger charge is 2.23. The molecule has 0 bridgehead atoms. The topological polar surface area (TPSA) is 79.5 Å². The molecular weight excluding hydrogens is 498 g/mol. The summed E-state index contributed by atoms with van der Waals surface area (Å²) in [5.41, 5.74) is 9.70. The van der Waals surface area contributed by atoms with E-state index in [2.05, 4.69) is 46.4 Å². The van der Waals surface area contributed by atoms with Crippen LogP contribution in [0.25, 0.3) is 50.1 Å². The number of carbonyl (C=O) groups excluding carboxylic acids is 1. The van der Waals surface area contributed by atoms with Crippen molar-refractivity contribution in [1.29, 1.82) is 0 Å². The van der Waals surface area contributed by atoms with Crippen molar-refractivity contribution in [3.05, 3.63) is 97.2 Å². The summed E-state index contributed by atoms with van der Waals surface area (Å²) < 4.78 is 1.90. The van der Waals surface area contributed by atoms with Crippen LogP contribution >= 0.6 is 0 Å². The van der Waals surface area contributed by atoms with Crippen molar-refractivity contribution < 1.29 is 4.79 Å². The summed E-state index contributed by atoms with van der Waals surface area (Å²) in [6.07, 6.45) is 7.31. The van der Waals surface area contributed by atoms with Gasteiger partial charge in [-0.3, -0.25) is 19.7 Å². The molecule has 0 radical (unpaired) electrons. The number of amides is 1. The highest BCUT2D eigenvalue weighted by Crippen LogP contribution is 2.32. The molecule has 196 valence electrons. The molecule has 1 aliphatic heterocycles. The molecule has 5 heterocycles. The third-order valence-electron chi connectivity index (χ3n) is 7.61. The smallest absolute Gasteiger partial charge is 0.241 e. The number of aryl methyl sites for hydroxylation is 1. The second-order valence-corrected chi connectivity index (χ2v) is 10.2. The summed E-state index contributed by atoms with van der Waals surface area (Å²) in [6, 6.07) is 22.6. The van der Waals surface area contributed by atoms with Gasteiger partial charge < -0.3 is 4.90 Å². The van der Waals surface area contributed by atoms with Gasteiger partial charge >= 0.3 is 0 Å². The molecule has 8 heteroatoms. The van der Waals surface area contributed by atoms with E-state index in [0.29, 0.717) is 13.1 Å². The van der Waals surface area contributed by atoms with E-state index < -0.39 is 0 Å². The molecule has 1 saturated heterocycles. The summed E-state index contributed by atoms with van der Waals surface area (Å²) in [4.78, 5) is 29.9. The summed E-state index contributed by atoms with van der Waals surface area (Å²) in [5, 5.41) is 5.99. The Kier molecular flexibility index (Phi) is 5.82. The summed E-state index contributed by atoms with van der Waals surface area (Å²) in [7, 11) is 1.97. The molecule has 1 fully saturated rings. The lowest BCUT2D eigenvalue weighted by Gasteiger charge is -2.32. The van der Waals surface area contributed by atoms with Gasteiger partial charge in [-0.05, 0) is 73.1 Å². The highest BCUT2D eigenvalue weighted by molar-refractivity contribution is 5.97. The predicted octanol–water partition coefficient (Wildman–Crippen LogP) is 5.26. The Morgan fingerprint density at radius 1 is 0.775 bits per heavy atom. The molecule has 2 aromatic carbocycles. The quantitative estimate of drug-likeness (QED) is 0.312.